The third-order valence-corrected chi connectivity index (χ3v) is 0.738. The smallest absolute Gasteiger partial charge is 0.270 e. The first-order chi connectivity index (χ1) is 4.33. The average molecular weight is 123 g/mol. The first-order valence-electron chi connectivity index (χ1n) is 2.19. The van der Waals surface area contributed by atoms with E-state index in [1.165, 1.54) is 17.9 Å². The number of hydrogen-bond acceptors (Lipinski definition) is 4. The Morgan fingerprint density at radius 1 is 1.89 bits per heavy atom. The second-order valence-electron chi connectivity index (χ2n) is 1.34. The summed E-state index contributed by atoms with van der Waals surface area (Å²) in [5.41, 5.74) is 2.19. The second-order valence-corrected chi connectivity index (χ2v) is 1.34. The van der Waals surface area contributed by atoms with E-state index in [0.717, 1.165) is 0 Å². The molecular weight excluding hydrogens is 120 g/mol. The van der Waals surface area contributed by atoms with E-state index < -0.39 is 0 Å². The molecule has 5 nitrogen and oxygen atoms in total. The molecule has 0 unspecified atom stereocenters. The molecule has 1 aliphatic heterocycles. The Morgan fingerprint density at radius 2 is 2.67 bits per heavy atom. The van der Waals surface area contributed by atoms with Crippen LogP contribution in [-0.4, -0.2) is 17.3 Å². The van der Waals surface area contributed by atoms with Gasteiger partial charge in [-0.3, -0.25) is 9.80 Å². The lowest BCUT2D eigenvalue weighted by atomic mass is 10.6. The molecule has 0 saturated carbocycles. The van der Waals surface area contributed by atoms with E-state index in [1.54, 1.807) is 6.19 Å². The number of hydrogen-bond donors (Lipinski definition) is 1. The lowest BCUT2D eigenvalue weighted by Crippen LogP contribution is -2.28. The van der Waals surface area contributed by atoms with Crippen molar-refractivity contribution in [3.63, 3.8) is 0 Å². The third kappa shape index (κ3) is 1.16. The molecule has 45 valence electrons. The number of nitrogens with one attached hydrogen (secondary N) is 1. The summed E-state index contributed by atoms with van der Waals surface area (Å²) in [6.45, 7) is 1.17. The molecule has 1 N–H and O–H groups in total. The largest absolute Gasteiger partial charge is 0.274 e. The fourth-order valence-corrected chi connectivity index (χ4v) is 0.424. The molecule has 0 aromatic carbocycles. The van der Waals surface area contributed by atoms with Gasteiger partial charge in [0.25, 0.3) is 5.91 Å². The van der Waals surface area contributed by atoms with Crippen LogP contribution in [0.4, 0.5) is 0 Å². The normalized spacial score (nSPS) is 15.9. The molecule has 1 radical (unpaired) electrons. The monoisotopic (exact) mass is 123 g/mol. The summed E-state index contributed by atoms with van der Waals surface area (Å²) in [5.74, 6) is -0.363. The molecule has 1 amide bonds. The molecule has 1 aliphatic rings. The van der Waals surface area contributed by atoms with Gasteiger partial charge >= 0.3 is 0 Å². The molecule has 0 spiro atoms. The maximum absolute atomic E-state index is 10.3. The second kappa shape index (κ2) is 2.13. The van der Waals surface area contributed by atoms with E-state index >= 15 is 0 Å². The van der Waals surface area contributed by atoms with Gasteiger partial charge in [-0.05, 0) is 0 Å². The first kappa shape index (κ1) is 5.56. The van der Waals surface area contributed by atoms with Crippen molar-refractivity contribution in [1.29, 1.82) is 5.26 Å². The molecular formula is C4H3N4O. The molecule has 1 heterocycles. The highest BCUT2D eigenvalue weighted by atomic mass is 16.2. The van der Waals surface area contributed by atoms with Crippen LogP contribution in [0.1, 0.15) is 0 Å². The van der Waals surface area contributed by atoms with Crippen LogP contribution in [0.15, 0.2) is 4.99 Å². The molecule has 9 heavy (non-hydrogen) atoms. The summed E-state index contributed by atoms with van der Waals surface area (Å²) in [5, 5.41) is 9.20. The van der Waals surface area contributed by atoms with Gasteiger partial charge in [0.05, 0.1) is 0 Å². The minimum atomic E-state index is -0.363. The van der Waals surface area contributed by atoms with E-state index in [2.05, 4.69) is 10.4 Å². The van der Waals surface area contributed by atoms with Gasteiger partial charge < -0.3 is 0 Å². The Morgan fingerprint density at radius 3 is 3.11 bits per heavy atom. The van der Waals surface area contributed by atoms with Crippen molar-refractivity contribution >= 4 is 12.2 Å². The highest BCUT2D eigenvalue weighted by Gasteiger charge is 2.12. The predicted octanol–water partition coefficient (Wildman–Crippen LogP) is -0.996. The summed E-state index contributed by atoms with van der Waals surface area (Å²) in [7, 11) is 0. The van der Waals surface area contributed by atoms with Crippen LogP contribution < -0.4 is 5.43 Å². The number of nitrogens with zero attached hydrogens (tertiary/aromatic N) is 3. The maximum atomic E-state index is 10.3. The van der Waals surface area contributed by atoms with Crippen molar-refractivity contribution < 1.29 is 4.79 Å². The molecule has 0 saturated heterocycles. The molecule has 0 fully saturated rings. The highest BCUT2D eigenvalue weighted by molar-refractivity contribution is 5.96. The van der Waals surface area contributed by atoms with Gasteiger partial charge in [0, 0.05) is 0 Å². The van der Waals surface area contributed by atoms with Crippen LogP contribution in [-0.2, 0) is 4.79 Å². The van der Waals surface area contributed by atoms with Crippen LogP contribution in [0.3, 0.4) is 0 Å². The number of carbonyl (C=O) groups excluding carboxylic acids is 1. The van der Waals surface area contributed by atoms with E-state index in [1.807, 2.05) is 0 Å². The molecule has 0 bridgehead atoms. The van der Waals surface area contributed by atoms with Crippen LogP contribution in [0.5, 0.6) is 0 Å². The van der Waals surface area contributed by atoms with Crippen molar-refractivity contribution in [2.24, 2.45) is 4.99 Å². The van der Waals surface area contributed by atoms with Crippen molar-refractivity contribution in [3.05, 3.63) is 6.54 Å². The Hall–Kier alpha value is -1.57. The zero-order valence-electron chi connectivity index (χ0n) is 4.40. The third-order valence-electron chi connectivity index (χ3n) is 0.738. The van der Waals surface area contributed by atoms with Crippen LogP contribution >= 0.6 is 0 Å². The van der Waals surface area contributed by atoms with E-state index in [-0.39, 0.29) is 5.91 Å². The summed E-state index contributed by atoms with van der Waals surface area (Å²) >= 11 is 0. The fourth-order valence-electron chi connectivity index (χ4n) is 0.424. The van der Waals surface area contributed by atoms with E-state index in [0.29, 0.717) is 0 Å². The van der Waals surface area contributed by atoms with Crippen LogP contribution in [0, 0.1) is 18.0 Å². The number of rotatable bonds is 1. The predicted molar refractivity (Wildman–Crippen MR) is 28.4 cm³/mol. The number of amides is 1. The zero-order chi connectivity index (χ0) is 6.69. The van der Waals surface area contributed by atoms with Gasteiger partial charge in [-0.15, -0.1) is 0 Å². The lowest BCUT2D eigenvalue weighted by molar-refractivity contribution is -0.115. The quantitative estimate of drug-likeness (QED) is 0.359. The van der Waals surface area contributed by atoms with Gasteiger partial charge in [0.2, 0.25) is 0 Å². The first-order valence-corrected chi connectivity index (χ1v) is 2.19. The highest BCUT2D eigenvalue weighted by Crippen LogP contribution is 1.94. The molecule has 5 heteroatoms. The van der Waals surface area contributed by atoms with E-state index in [4.69, 9.17) is 5.26 Å². The number of hydrazine groups is 1. The Bertz CT molecular complexity index is 191. The van der Waals surface area contributed by atoms with Crippen molar-refractivity contribution in [1.82, 2.24) is 10.4 Å². The minimum absolute atomic E-state index is 0.363. The maximum Gasteiger partial charge on any atom is 0.274 e. The Kier molecular flexibility index (Phi) is 1.32. The number of nitriles is 1. The molecule has 0 aromatic heterocycles. The number of carbonyl (C=O) groups is 1. The summed E-state index contributed by atoms with van der Waals surface area (Å²) in [6.07, 6.45) is 2.86. The topological polar surface area (TPSA) is 68.5 Å². The van der Waals surface area contributed by atoms with Gasteiger partial charge in [0.1, 0.15) is 6.34 Å². The SMILES string of the molecule is N#CNN1[CH]C(=O)N=C1. The minimum Gasteiger partial charge on any atom is -0.270 e. The molecule has 0 aliphatic carbocycles. The summed E-state index contributed by atoms with van der Waals surface area (Å²) in [6, 6.07) is 0. The standard InChI is InChI=1S/C4H3N4O/c5-2-7-8-1-4(9)6-3-8/h1,3,7H. The van der Waals surface area contributed by atoms with Crippen molar-refractivity contribution in [2.75, 3.05) is 0 Å². The molecule has 1 rings (SSSR count). The van der Waals surface area contributed by atoms with Crippen LogP contribution in [0.2, 0.25) is 0 Å². The van der Waals surface area contributed by atoms with Gasteiger partial charge in [-0.2, -0.15) is 5.26 Å². The lowest BCUT2D eigenvalue weighted by Gasteiger charge is -2.05. The van der Waals surface area contributed by atoms with Crippen molar-refractivity contribution in [3.8, 4) is 6.19 Å². The average Bonchev–Trinajstić information content (AvgIpc) is 2.17. The summed E-state index contributed by atoms with van der Waals surface area (Å²) in [4.78, 5) is 13.6. The Labute approximate surface area is 51.6 Å². The fraction of sp³-hybridized carbons (Fsp3) is 0. The number of aliphatic imine (C=N–C) groups is 1. The van der Waals surface area contributed by atoms with Gasteiger partial charge in [0.15, 0.2) is 12.7 Å². The Balaban J connectivity index is 2.43. The van der Waals surface area contributed by atoms with Gasteiger partial charge in [-0.1, -0.05) is 0 Å². The molecule has 0 aromatic rings. The van der Waals surface area contributed by atoms with Crippen LogP contribution in [0.25, 0.3) is 0 Å². The van der Waals surface area contributed by atoms with Gasteiger partial charge in [-0.25, -0.2) is 10.4 Å². The summed E-state index contributed by atoms with van der Waals surface area (Å²) < 4.78 is 0. The molecule has 0 atom stereocenters. The van der Waals surface area contributed by atoms with Crippen molar-refractivity contribution in [2.45, 2.75) is 0 Å². The zero-order valence-corrected chi connectivity index (χ0v) is 4.40. The van der Waals surface area contributed by atoms with E-state index in [9.17, 15) is 4.79 Å².